The molecule has 0 radical (unpaired) electrons. The Hall–Kier alpha value is -1.44. The number of para-hydroxylation sites is 1. The lowest BCUT2D eigenvalue weighted by molar-refractivity contribution is 0.106. The van der Waals surface area contributed by atoms with E-state index in [0.717, 1.165) is 12.0 Å². The predicted octanol–water partition coefficient (Wildman–Crippen LogP) is 6.61. The number of aryl methyl sites for hydroxylation is 1. The molecule has 2 nitrogen and oxygen atoms in total. The van der Waals surface area contributed by atoms with Crippen LogP contribution in [0.1, 0.15) is 83.6 Å². The van der Waals surface area contributed by atoms with Gasteiger partial charge < -0.3 is 9.80 Å². The molecule has 0 amide bonds. The molecule has 0 aromatic heterocycles. The zero-order valence-corrected chi connectivity index (χ0v) is 17.0. The van der Waals surface area contributed by atoms with Crippen molar-refractivity contribution in [3.63, 3.8) is 0 Å². The minimum absolute atomic E-state index is 0.541. The summed E-state index contributed by atoms with van der Waals surface area (Å²) < 4.78 is 0. The Labute approximate surface area is 160 Å². The summed E-state index contributed by atoms with van der Waals surface area (Å²) in [5, 5.41) is 0. The zero-order chi connectivity index (χ0) is 18.1. The third-order valence-electron chi connectivity index (χ3n) is 7.24. The van der Waals surface area contributed by atoms with Gasteiger partial charge in [-0.25, -0.2) is 0 Å². The summed E-state index contributed by atoms with van der Waals surface area (Å²) in [5.74, 6) is 0.803. The monoisotopic (exact) mass is 352 g/mol. The van der Waals surface area contributed by atoms with E-state index < -0.39 is 0 Å². The van der Waals surface area contributed by atoms with Crippen LogP contribution >= 0.6 is 0 Å². The largest absolute Gasteiger partial charge is 0.350 e. The molecule has 0 N–H and O–H groups in total. The standard InChI is InChI=1S/C24H36N2/c1-18-12-10-11-17-23(18)26-20(3)19(2)25(22-15-8-5-9-16-22)24(26)21-13-6-4-7-14-21/h10-12,17,21-22,24H,4-9,13-16H2,1-3H3. The van der Waals surface area contributed by atoms with Crippen molar-refractivity contribution in [1.82, 2.24) is 4.90 Å². The SMILES string of the molecule is CC1=C(C)N(C2CCCCC2)C(C2CCCCC2)N1c1ccccc1C. The van der Waals surface area contributed by atoms with Crippen LogP contribution in [0.4, 0.5) is 5.69 Å². The summed E-state index contributed by atoms with van der Waals surface area (Å²) >= 11 is 0. The molecular formula is C24H36N2. The first kappa shape index (κ1) is 17.9. The first-order valence-electron chi connectivity index (χ1n) is 11.0. The van der Waals surface area contributed by atoms with Crippen molar-refractivity contribution >= 4 is 5.69 Å². The number of hydrogen-bond donors (Lipinski definition) is 0. The minimum Gasteiger partial charge on any atom is -0.350 e. The minimum atomic E-state index is 0.541. The first-order valence-corrected chi connectivity index (χ1v) is 11.0. The lowest BCUT2D eigenvalue weighted by atomic mass is 9.84. The Morgan fingerprint density at radius 3 is 2.00 bits per heavy atom. The molecule has 1 atom stereocenters. The second kappa shape index (κ2) is 7.66. The summed E-state index contributed by atoms with van der Waals surface area (Å²) in [6, 6.07) is 9.76. The maximum absolute atomic E-state index is 2.87. The highest BCUT2D eigenvalue weighted by molar-refractivity contribution is 5.60. The van der Waals surface area contributed by atoms with Crippen molar-refractivity contribution in [2.75, 3.05) is 4.90 Å². The fourth-order valence-corrected chi connectivity index (χ4v) is 5.76. The second-order valence-electron chi connectivity index (χ2n) is 8.84. The third-order valence-corrected chi connectivity index (χ3v) is 7.24. The van der Waals surface area contributed by atoms with E-state index in [1.807, 2.05) is 0 Å². The number of hydrogen-bond acceptors (Lipinski definition) is 2. The van der Waals surface area contributed by atoms with Crippen LogP contribution in [0.25, 0.3) is 0 Å². The molecule has 2 aliphatic carbocycles. The average molecular weight is 353 g/mol. The van der Waals surface area contributed by atoms with Crippen LogP contribution in [0.15, 0.2) is 35.7 Å². The maximum atomic E-state index is 2.87. The Bertz CT molecular complexity index is 650. The molecule has 0 spiro atoms. The fourth-order valence-electron chi connectivity index (χ4n) is 5.76. The number of nitrogens with zero attached hydrogens (tertiary/aromatic N) is 2. The maximum Gasteiger partial charge on any atom is 0.109 e. The highest BCUT2D eigenvalue weighted by Crippen LogP contribution is 2.45. The molecule has 2 fully saturated rings. The van der Waals surface area contributed by atoms with Crippen LogP contribution in [0, 0.1) is 12.8 Å². The first-order chi connectivity index (χ1) is 12.7. The predicted molar refractivity (Wildman–Crippen MR) is 111 cm³/mol. The number of benzene rings is 1. The molecule has 1 aromatic carbocycles. The van der Waals surface area contributed by atoms with Gasteiger partial charge in [-0.05, 0) is 64.0 Å². The molecular weight excluding hydrogens is 316 g/mol. The van der Waals surface area contributed by atoms with E-state index in [1.54, 1.807) is 0 Å². The van der Waals surface area contributed by atoms with Crippen LogP contribution in [0.5, 0.6) is 0 Å². The third kappa shape index (κ3) is 3.17. The van der Waals surface area contributed by atoms with Crippen molar-refractivity contribution in [2.24, 2.45) is 5.92 Å². The molecule has 1 unspecified atom stereocenters. The Morgan fingerprint density at radius 2 is 1.35 bits per heavy atom. The van der Waals surface area contributed by atoms with Crippen molar-refractivity contribution in [3.05, 3.63) is 41.2 Å². The Balaban J connectivity index is 1.74. The molecule has 0 bridgehead atoms. The molecule has 2 heteroatoms. The molecule has 1 heterocycles. The zero-order valence-electron chi connectivity index (χ0n) is 17.0. The molecule has 0 saturated heterocycles. The van der Waals surface area contributed by atoms with Gasteiger partial charge in [0, 0.05) is 23.1 Å². The van der Waals surface area contributed by atoms with Gasteiger partial charge in [-0.1, -0.05) is 56.7 Å². The molecule has 1 aromatic rings. The summed E-state index contributed by atoms with van der Waals surface area (Å²) in [6.07, 6.45) is 14.6. The topological polar surface area (TPSA) is 6.48 Å². The number of allylic oxidation sites excluding steroid dienone is 2. The molecule has 4 rings (SSSR count). The van der Waals surface area contributed by atoms with Gasteiger partial charge >= 0.3 is 0 Å². The van der Waals surface area contributed by atoms with Crippen LogP contribution < -0.4 is 4.90 Å². The van der Waals surface area contributed by atoms with Gasteiger partial charge in [-0.2, -0.15) is 0 Å². The summed E-state index contributed by atoms with van der Waals surface area (Å²) in [5.41, 5.74) is 5.86. The highest BCUT2D eigenvalue weighted by atomic mass is 15.4. The Morgan fingerprint density at radius 1 is 0.731 bits per heavy atom. The van der Waals surface area contributed by atoms with Crippen LogP contribution in [-0.2, 0) is 0 Å². The summed E-state index contributed by atoms with van der Waals surface area (Å²) in [4.78, 5) is 5.59. The molecule has 142 valence electrons. The van der Waals surface area contributed by atoms with E-state index in [-0.39, 0.29) is 0 Å². The number of anilines is 1. The molecule has 3 aliphatic rings. The van der Waals surface area contributed by atoms with Gasteiger partial charge in [-0.15, -0.1) is 0 Å². The Kier molecular flexibility index (Phi) is 5.29. The molecule has 2 saturated carbocycles. The van der Waals surface area contributed by atoms with Crippen LogP contribution in [-0.4, -0.2) is 17.1 Å². The lowest BCUT2D eigenvalue weighted by Gasteiger charge is -2.46. The van der Waals surface area contributed by atoms with E-state index in [9.17, 15) is 0 Å². The van der Waals surface area contributed by atoms with Gasteiger partial charge in [0.05, 0.1) is 0 Å². The van der Waals surface area contributed by atoms with E-state index >= 15 is 0 Å². The van der Waals surface area contributed by atoms with E-state index in [1.165, 1.54) is 86.9 Å². The quantitative estimate of drug-likeness (QED) is 0.604. The van der Waals surface area contributed by atoms with Crippen molar-refractivity contribution < 1.29 is 0 Å². The normalized spacial score (nSPS) is 26.0. The van der Waals surface area contributed by atoms with E-state index in [4.69, 9.17) is 0 Å². The van der Waals surface area contributed by atoms with Gasteiger partial charge in [0.25, 0.3) is 0 Å². The fraction of sp³-hybridized carbons (Fsp3) is 0.667. The molecule has 1 aliphatic heterocycles. The lowest BCUT2D eigenvalue weighted by Crippen LogP contribution is -2.51. The van der Waals surface area contributed by atoms with Gasteiger partial charge in [-0.3, -0.25) is 0 Å². The van der Waals surface area contributed by atoms with Gasteiger partial charge in [0.2, 0.25) is 0 Å². The van der Waals surface area contributed by atoms with E-state index in [0.29, 0.717) is 6.17 Å². The van der Waals surface area contributed by atoms with E-state index in [2.05, 4.69) is 54.8 Å². The second-order valence-corrected chi connectivity index (χ2v) is 8.84. The van der Waals surface area contributed by atoms with Gasteiger partial charge in [0.1, 0.15) is 6.17 Å². The van der Waals surface area contributed by atoms with Crippen molar-refractivity contribution in [2.45, 2.75) is 97.2 Å². The smallest absolute Gasteiger partial charge is 0.109 e. The van der Waals surface area contributed by atoms with Crippen molar-refractivity contribution in [3.8, 4) is 0 Å². The molecule has 26 heavy (non-hydrogen) atoms. The van der Waals surface area contributed by atoms with Crippen LogP contribution in [0.3, 0.4) is 0 Å². The van der Waals surface area contributed by atoms with Gasteiger partial charge in [0.15, 0.2) is 0 Å². The summed E-state index contributed by atoms with van der Waals surface area (Å²) in [6.45, 7) is 7.03. The van der Waals surface area contributed by atoms with Crippen molar-refractivity contribution in [1.29, 1.82) is 0 Å². The summed E-state index contributed by atoms with van der Waals surface area (Å²) in [7, 11) is 0. The number of rotatable bonds is 3. The average Bonchev–Trinajstić information content (AvgIpc) is 2.95. The highest BCUT2D eigenvalue weighted by Gasteiger charge is 2.43. The van der Waals surface area contributed by atoms with Crippen LogP contribution in [0.2, 0.25) is 0 Å².